The lowest BCUT2D eigenvalue weighted by Crippen LogP contribution is -2.58. The molecule has 57 heavy (non-hydrogen) atoms. The quantitative estimate of drug-likeness (QED) is 0.202. The van der Waals surface area contributed by atoms with E-state index in [1.165, 1.54) is 56.9 Å². The number of hydrogen-bond acceptors (Lipinski definition) is 5. The summed E-state index contributed by atoms with van der Waals surface area (Å²) < 4.78 is 6.73. The van der Waals surface area contributed by atoms with Crippen LogP contribution < -0.4 is 0 Å². The van der Waals surface area contributed by atoms with Crippen LogP contribution in [-0.2, 0) is 11.2 Å². The van der Waals surface area contributed by atoms with E-state index in [1.54, 1.807) is 0 Å². The summed E-state index contributed by atoms with van der Waals surface area (Å²) in [5, 5.41) is 24.6. The van der Waals surface area contributed by atoms with Crippen LogP contribution in [0.1, 0.15) is 190 Å². The van der Waals surface area contributed by atoms with Gasteiger partial charge in [-0.2, -0.15) is 0 Å². The third-order valence-electron chi connectivity index (χ3n) is 17.5. The summed E-state index contributed by atoms with van der Waals surface area (Å²) in [6.45, 7) is 12.3. The number of carbonyl (C=O) groups is 2. The van der Waals surface area contributed by atoms with Crippen LogP contribution in [0.2, 0.25) is 0 Å². The molecule has 0 unspecified atom stereocenters. The Labute approximate surface area is 345 Å². The van der Waals surface area contributed by atoms with Crippen LogP contribution in [0, 0.1) is 52.3 Å². The van der Waals surface area contributed by atoms with Gasteiger partial charge in [-0.25, -0.2) is 4.79 Å². The van der Waals surface area contributed by atoms with Gasteiger partial charge in [-0.15, -0.1) is 0 Å². The lowest BCUT2D eigenvalue weighted by atomic mass is 9.49. The van der Waals surface area contributed by atoms with E-state index in [1.807, 2.05) is 4.90 Å². The van der Waals surface area contributed by atoms with Crippen molar-refractivity contribution in [2.75, 3.05) is 13.1 Å². The Morgan fingerprint density at radius 3 is 2.28 bits per heavy atom. The molecular formula is C51H77NO5. The Balaban J connectivity index is 1.16. The number of Topliss-reactive ketones (excluding diaryl/α,β-unsaturated/α-hetero) is 1. The number of benzene rings is 1. The standard InChI is InChI=1S/C51H77NO5/c1-33(2)42-17-14-35(4)22-46(42)57-48(55)52(31-50-28-37-23-38(29-50)25-39(24-37)30-50)32-51(56)21-19-45-43-18-15-36(27-44(43)47(54)40-11-7-6-8-12-40)26-41(53)16-13-34(3)10-9-20-49(45,51)5/h10,15,18,27,33,35,37-42,45-46,53,56H,6-9,11-14,16-17,19-26,28-32H2,1-5H3/t35-,37?,38?,39?,41-,42+,45-,46-,49-,50?,51+/m0/s1. The third kappa shape index (κ3) is 8.58. The molecule has 0 aliphatic heterocycles. The van der Waals surface area contributed by atoms with Crippen molar-refractivity contribution in [3.05, 3.63) is 46.5 Å². The lowest BCUT2D eigenvalue weighted by molar-refractivity contribution is -0.108. The van der Waals surface area contributed by atoms with Crippen molar-refractivity contribution in [3.63, 3.8) is 0 Å². The van der Waals surface area contributed by atoms with Gasteiger partial charge in [-0.1, -0.05) is 77.2 Å². The van der Waals surface area contributed by atoms with Crippen molar-refractivity contribution in [2.24, 2.45) is 52.3 Å². The Bertz CT molecular complexity index is 1610. The number of carbonyl (C=O) groups excluding carboxylic acids is 2. The van der Waals surface area contributed by atoms with Crippen LogP contribution in [0.3, 0.4) is 0 Å². The molecule has 0 radical (unpaired) electrons. The van der Waals surface area contributed by atoms with Gasteiger partial charge in [0, 0.05) is 23.4 Å². The van der Waals surface area contributed by atoms with Crippen LogP contribution >= 0.6 is 0 Å². The molecule has 9 aliphatic rings. The fourth-order valence-electron chi connectivity index (χ4n) is 14.6. The molecule has 0 saturated heterocycles. The number of allylic oxidation sites excluding steroid dienone is 2. The Morgan fingerprint density at radius 1 is 0.895 bits per heavy atom. The van der Waals surface area contributed by atoms with Crippen LogP contribution in [0.25, 0.3) is 0 Å². The van der Waals surface area contributed by atoms with Gasteiger partial charge in [0.15, 0.2) is 5.78 Å². The van der Waals surface area contributed by atoms with E-state index in [9.17, 15) is 19.8 Å². The molecular weight excluding hydrogens is 707 g/mol. The van der Waals surface area contributed by atoms with Crippen molar-refractivity contribution in [2.45, 2.75) is 193 Å². The van der Waals surface area contributed by atoms with Crippen molar-refractivity contribution >= 4 is 11.9 Å². The second-order valence-corrected chi connectivity index (χ2v) is 22.2. The minimum absolute atomic E-state index is 0.0254. The Morgan fingerprint density at radius 2 is 1.60 bits per heavy atom. The van der Waals surface area contributed by atoms with Gasteiger partial charge in [-0.05, 0) is 180 Å². The van der Waals surface area contributed by atoms with Crippen molar-refractivity contribution in [1.29, 1.82) is 0 Å². The third-order valence-corrected chi connectivity index (χ3v) is 17.5. The predicted molar refractivity (Wildman–Crippen MR) is 228 cm³/mol. The zero-order valence-corrected chi connectivity index (χ0v) is 36.4. The van der Waals surface area contributed by atoms with E-state index in [4.69, 9.17) is 4.74 Å². The normalized spacial score (nSPS) is 39.8. The summed E-state index contributed by atoms with van der Waals surface area (Å²) in [5.41, 5.74) is 2.61. The van der Waals surface area contributed by atoms with Crippen molar-refractivity contribution in [3.8, 4) is 0 Å². The maximum Gasteiger partial charge on any atom is 0.410 e. The minimum Gasteiger partial charge on any atom is -0.446 e. The fraction of sp³-hybridized carbons (Fsp3) is 0.804. The fourth-order valence-corrected chi connectivity index (χ4v) is 14.6. The molecule has 0 heterocycles. The SMILES string of the molecule is CC1=CCC[C@@]2(C)[C@@H](CC[C@@]2(O)CN(CC23CC4CC(CC(C4)C2)C3)C(=O)O[C@H]2C[C@@H](C)CC[C@@H]2C(C)C)c2ccc(cc2C(=O)C2CCCCC2)C[C@@H](O)CC1. The smallest absolute Gasteiger partial charge is 0.410 e. The lowest BCUT2D eigenvalue weighted by Gasteiger charge is -2.58. The summed E-state index contributed by atoms with van der Waals surface area (Å²) in [6, 6.07) is 6.46. The summed E-state index contributed by atoms with van der Waals surface area (Å²) in [4.78, 5) is 31.7. The first-order valence-corrected chi connectivity index (χ1v) is 23.9. The number of nitrogens with zero attached hydrogens (tertiary/aromatic N) is 1. The average Bonchev–Trinajstić information content (AvgIpc) is 3.41. The highest BCUT2D eigenvalue weighted by Crippen LogP contribution is 2.62. The van der Waals surface area contributed by atoms with Gasteiger partial charge in [-0.3, -0.25) is 4.79 Å². The molecule has 316 valence electrons. The van der Waals surface area contributed by atoms with E-state index >= 15 is 0 Å². The predicted octanol–water partition coefficient (Wildman–Crippen LogP) is 11.6. The zero-order chi connectivity index (χ0) is 40.1. The first kappa shape index (κ1) is 41.5. The number of fused-ring (bicyclic) bond motifs is 8. The second kappa shape index (κ2) is 16.7. The molecule has 7 fully saturated rings. The summed E-state index contributed by atoms with van der Waals surface area (Å²) in [6.07, 6.45) is 22.8. The van der Waals surface area contributed by atoms with E-state index in [2.05, 4.69) is 58.9 Å². The molecule has 9 aliphatic carbocycles. The number of rotatable bonds is 8. The number of amides is 1. The highest BCUT2D eigenvalue weighted by atomic mass is 16.6. The average molecular weight is 784 g/mol. The monoisotopic (exact) mass is 784 g/mol. The van der Waals surface area contributed by atoms with E-state index in [0.29, 0.717) is 43.6 Å². The van der Waals surface area contributed by atoms with Gasteiger partial charge in [0.1, 0.15) is 6.10 Å². The van der Waals surface area contributed by atoms with Crippen LogP contribution in [0.5, 0.6) is 0 Å². The maximum atomic E-state index is 15.0. The van der Waals surface area contributed by atoms with Crippen molar-refractivity contribution in [1.82, 2.24) is 4.90 Å². The molecule has 1 aromatic rings. The topological polar surface area (TPSA) is 87.1 Å². The molecule has 0 spiro atoms. The molecule has 6 nitrogen and oxygen atoms in total. The van der Waals surface area contributed by atoms with Crippen molar-refractivity contribution < 1.29 is 24.5 Å². The molecule has 6 heteroatoms. The number of aliphatic hydroxyl groups excluding tert-OH is 1. The van der Waals surface area contributed by atoms with Crippen LogP contribution in [-0.4, -0.2) is 57.9 Å². The molecule has 7 saturated carbocycles. The van der Waals surface area contributed by atoms with Gasteiger partial charge >= 0.3 is 6.09 Å². The molecule has 0 aromatic heterocycles. The zero-order valence-electron chi connectivity index (χ0n) is 36.4. The Kier molecular flexibility index (Phi) is 12.2. The molecule has 1 aromatic carbocycles. The molecule has 10 rings (SSSR count). The summed E-state index contributed by atoms with van der Waals surface area (Å²) in [7, 11) is 0. The molecule has 6 bridgehead atoms. The summed E-state index contributed by atoms with van der Waals surface area (Å²) in [5.74, 6) is 3.94. The van der Waals surface area contributed by atoms with Crippen LogP contribution in [0.4, 0.5) is 4.79 Å². The van der Waals surface area contributed by atoms with Gasteiger partial charge in [0.05, 0.1) is 18.2 Å². The van der Waals surface area contributed by atoms with Gasteiger partial charge < -0.3 is 19.8 Å². The summed E-state index contributed by atoms with van der Waals surface area (Å²) >= 11 is 0. The van der Waals surface area contributed by atoms with E-state index in [0.717, 1.165) is 98.7 Å². The minimum atomic E-state index is -1.14. The van der Waals surface area contributed by atoms with Gasteiger partial charge in [0.25, 0.3) is 0 Å². The molecule has 1 amide bonds. The number of aliphatic hydroxyl groups is 2. The maximum absolute atomic E-state index is 15.0. The van der Waals surface area contributed by atoms with E-state index in [-0.39, 0.29) is 41.8 Å². The molecule has 2 N–H and O–H groups in total. The Hall–Kier alpha value is -2.18. The van der Waals surface area contributed by atoms with Gasteiger partial charge in [0.2, 0.25) is 0 Å². The van der Waals surface area contributed by atoms with E-state index < -0.39 is 17.1 Å². The first-order chi connectivity index (χ1) is 27.2. The first-order valence-electron chi connectivity index (χ1n) is 23.9. The highest BCUT2D eigenvalue weighted by molar-refractivity contribution is 5.99. The number of hydrogen-bond donors (Lipinski definition) is 2. The highest BCUT2D eigenvalue weighted by Gasteiger charge is 2.59. The number of ketones is 1. The largest absolute Gasteiger partial charge is 0.446 e. The molecule has 7 atom stereocenters. The van der Waals surface area contributed by atoms with Crippen LogP contribution in [0.15, 0.2) is 29.8 Å². The second-order valence-electron chi connectivity index (χ2n) is 22.2. The number of ether oxygens (including phenoxy) is 1.